The van der Waals surface area contributed by atoms with Crippen molar-refractivity contribution >= 4 is 43.3 Å². The smallest absolute Gasteiger partial charge is 0.285 e. The molecule has 0 radical (unpaired) electrons. The van der Waals surface area contributed by atoms with Gasteiger partial charge in [-0.05, 0) is 53.9 Å². The molecule has 0 unspecified atom stereocenters. The first-order valence-corrected chi connectivity index (χ1v) is 15.5. The fourth-order valence-electron chi connectivity index (χ4n) is 4.67. The summed E-state index contributed by atoms with van der Waals surface area (Å²) in [7, 11) is -8.08. The van der Waals surface area contributed by atoms with E-state index in [0.717, 1.165) is 5.56 Å². The van der Waals surface area contributed by atoms with Crippen LogP contribution in [0.2, 0.25) is 5.02 Å². The van der Waals surface area contributed by atoms with Crippen LogP contribution in [-0.2, 0) is 20.0 Å². The number of halogens is 2. The molecule has 0 aliphatic carbocycles. The number of sulfonamides is 2. The Morgan fingerprint density at radius 3 is 2.23 bits per heavy atom. The van der Waals surface area contributed by atoms with Gasteiger partial charge in [-0.1, -0.05) is 54.1 Å². The Morgan fingerprint density at radius 2 is 1.62 bits per heavy atom. The highest BCUT2D eigenvalue weighted by atomic mass is 35.5. The molecule has 13 heteroatoms. The number of nitrogens with two attached hydrogens (primary N) is 1. The van der Waals surface area contributed by atoms with Gasteiger partial charge in [0.25, 0.3) is 10.0 Å². The maximum Gasteiger partial charge on any atom is 0.285 e. The Kier molecular flexibility index (Phi) is 7.47. The Hall–Kier alpha value is -3.32. The van der Waals surface area contributed by atoms with Crippen LogP contribution in [-0.4, -0.2) is 63.3 Å². The molecular weight excluding hydrogens is 565 g/mol. The molecule has 5 rings (SSSR count). The number of nitrogens with zero attached hydrogens (tertiary/aromatic N) is 4. The number of hydrogen-bond acceptors (Lipinski definition) is 5. The van der Waals surface area contributed by atoms with Crippen LogP contribution in [0.1, 0.15) is 23.5 Å². The van der Waals surface area contributed by atoms with Crippen molar-refractivity contribution in [2.45, 2.75) is 22.5 Å². The molecule has 9 nitrogen and oxygen atoms in total. The molecule has 2 aliphatic rings. The van der Waals surface area contributed by atoms with E-state index >= 15 is 0 Å². The monoisotopic (exact) mass is 589 g/mol. The summed E-state index contributed by atoms with van der Waals surface area (Å²) < 4.78 is 68.7. The maximum absolute atomic E-state index is 13.7. The molecule has 3 aromatic rings. The number of primary sulfonamides is 1. The number of rotatable bonds is 5. The lowest BCUT2D eigenvalue weighted by Crippen LogP contribution is -2.42. The summed E-state index contributed by atoms with van der Waals surface area (Å²) in [5.41, 5.74) is 2.18. The van der Waals surface area contributed by atoms with Crippen LogP contribution in [0.25, 0.3) is 0 Å². The highest BCUT2D eigenvalue weighted by molar-refractivity contribution is 7.90. The first kappa shape index (κ1) is 27.3. The van der Waals surface area contributed by atoms with E-state index in [1.54, 1.807) is 17.0 Å². The van der Waals surface area contributed by atoms with Gasteiger partial charge in [0.1, 0.15) is 5.82 Å². The van der Waals surface area contributed by atoms with Crippen LogP contribution < -0.4 is 5.14 Å². The van der Waals surface area contributed by atoms with Gasteiger partial charge in [0.2, 0.25) is 16.0 Å². The minimum Gasteiger partial charge on any atom is -0.339 e. The SMILES string of the molecule is NS(=O)(=O)[C@@H]1CCN(C(=NS(=O)(=O)c2ccc(Cl)cc2)N2C[C@@H](c3ccccc3)C(c3ccc(F)cc3)=N2)C1. The molecule has 0 spiro atoms. The third-order valence-electron chi connectivity index (χ3n) is 6.69. The summed E-state index contributed by atoms with van der Waals surface area (Å²) in [6, 6.07) is 21.0. The lowest BCUT2D eigenvalue weighted by molar-refractivity contribution is 0.376. The van der Waals surface area contributed by atoms with Crippen molar-refractivity contribution in [3.05, 3.63) is 101 Å². The molecule has 1 saturated heterocycles. The number of likely N-dealkylation sites (tertiary alicyclic amines) is 1. The molecule has 3 aromatic carbocycles. The quantitative estimate of drug-likeness (QED) is 0.359. The summed E-state index contributed by atoms with van der Waals surface area (Å²) in [4.78, 5) is 1.50. The van der Waals surface area contributed by atoms with Crippen molar-refractivity contribution in [1.82, 2.24) is 9.91 Å². The Labute approximate surface area is 231 Å². The molecule has 2 N–H and O–H groups in total. The molecule has 0 saturated carbocycles. The van der Waals surface area contributed by atoms with Gasteiger partial charge >= 0.3 is 0 Å². The Balaban J connectivity index is 1.60. The second kappa shape index (κ2) is 10.7. The zero-order valence-corrected chi connectivity index (χ0v) is 22.9. The van der Waals surface area contributed by atoms with E-state index in [1.165, 1.54) is 41.4 Å². The van der Waals surface area contributed by atoms with Crippen molar-refractivity contribution in [3.8, 4) is 0 Å². The largest absolute Gasteiger partial charge is 0.339 e. The van der Waals surface area contributed by atoms with Gasteiger partial charge in [0, 0.05) is 24.0 Å². The highest BCUT2D eigenvalue weighted by Gasteiger charge is 2.39. The van der Waals surface area contributed by atoms with Crippen LogP contribution in [0, 0.1) is 5.82 Å². The normalized spacial score (nSPS) is 20.4. The molecule has 1 fully saturated rings. The summed E-state index contributed by atoms with van der Waals surface area (Å²) in [5.74, 6) is -0.709. The van der Waals surface area contributed by atoms with Gasteiger partial charge in [-0.2, -0.15) is 13.5 Å². The van der Waals surface area contributed by atoms with Gasteiger partial charge in [-0.3, -0.25) is 0 Å². The average Bonchev–Trinajstić information content (AvgIpc) is 3.57. The zero-order chi connectivity index (χ0) is 27.8. The molecule has 2 heterocycles. The van der Waals surface area contributed by atoms with E-state index < -0.39 is 31.1 Å². The third-order valence-corrected chi connectivity index (χ3v) is 9.53. The number of benzene rings is 3. The van der Waals surface area contributed by atoms with Crippen LogP contribution in [0.4, 0.5) is 4.39 Å². The topological polar surface area (TPSA) is 126 Å². The van der Waals surface area contributed by atoms with Gasteiger partial charge in [-0.15, -0.1) is 4.40 Å². The third kappa shape index (κ3) is 5.98. The summed E-state index contributed by atoms with van der Waals surface area (Å²) in [6.07, 6.45) is 0.212. The van der Waals surface area contributed by atoms with Crippen molar-refractivity contribution in [1.29, 1.82) is 0 Å². The predicted octanol–water partition coefficient (Wildman–Crippen LogP) is 3.39. The molecule has 0 amide bonds. The van der Waals surface area contributed by atoms with E-state index in [1.807, 2.05) is 30.3 Å². The fourth-order valence-corrected chi connectivity index (χ4v) is 6.63. The standard InChI is InChI=1S/C26H25ClFN5O4S2/c27-20-8-12-22(13-9-20)39(36,37)31-26(32-15-14-23(16-32)38(29,34)35)33-17-24(18-4-2-1-3-5-18)25(30-33)19-6-10-21(28)11-7-19/h1-13,23-24H,14-17H2,(H2,29,34,35)/t23-,24+/m1/s1. The van der Waals surface area contributed by atoms with Gasteiger partial charge in [0.05, 0.1) is 22.4 Å². The molecule has 204 valence electrons. The molecular formula is C26H25ClFN5O4S2. The van der Waals surface area contributed by atoms with Gasteiger partial charge < -0.3 is 4.90 Å². The molecule has 0 aromatic heterocycles. The highest BCUT2D eigenvalue weighted by Crippen LogP contribution is 2.31. The Bertz CT molecular complexity index is 1630. The van der Waals surface area contributed by atoms with Crippen LogP contribution >= 0.6 is 11.6 Å². The Morgan fingerprint density at radius 1 is 0.949 bits per heavy atom. The molecule has 0 bridgehead atoms. The summed E-state index contributed by atoms with van der Waals surface area (Å²) in [5, 5.41) is 11.1. The molecule has 2 atom stereocenters. The lowest BCUT2D eigenvalue weighted by Gasteiger charge is -2.26. The van der Waals surface area contributed by atoms with Crippen molar-refractivity contribution < 1.29 is 21.2 Å². The van der Waals surface area contributed by atoms with Crippen molar-refractivity contribution in [3.63, 3.8) is 0 Å². The average molecular weight is 590 g/mol. The molecule has 2 aliphatic heterocycles. The second-order valence-electron chi connectivity index (χ2n) is 9.30. The second-order valence-corrected chi connectivity index (χ2v) is 13.2. The van der Waals surface area contributed by atoms with Crippen LogP contribution in [0.3, 0.4) is 0 Å². The molecule has 39 heavy (non-hydrogen) atoms. The first-order valence-electron chi connectivity index (χ1n) is 12.1. The summed E-state index contributed by atoms with van der Waals surface area (Å²) >= 11 is 5.93. The van der Waals surface area contributed by atoms with E-state index in [0.29, 0.717) is 16.3 Å². The summed E-state index contributed by atoms with van der Waals surface area (Å²) in [6.45, 7) is 0.397. The van der Waals surface area contributed by atoms with Crippen LogP contribution in [0.5, 0.6) is 0 Å². The van der Waals surface area contributed by atoms with Crippen molar-refractivity contribution in [2.24, 2.45) is 14.6 Å². The minimum atomic E-state index is -4.23. The van der Waals surface area contributed by atoms with Crippen molar-refractivity contribution in [2.75, 3.05) is 19.6 Å². The first-order chi connectivity index (χ1) is 18.5. The predicted molar refractivity (Wildman–Crippen MR) is 148 cm³/mol. The number of guanidine groups is 1. The van der Waals surface area contributed by atoms with E-state index in [9.17, 15) is 21.2 Å². The zero-order valence-electron chi connectivity index (χ0n) is 20.6. The van der Waals surface area contributed by atoms with Gasteiger partial charge in [-0.25, -0.2) is 23.0 Å². The van der Waals surface area contributed by atoms with E-state index in [-0.39, 0.29) is 42.8 Å². The van der Waals surface area contributed by atoms with E-state index in [2.05, 4.69) is 4.40 Å². The van der Waals surface area contributed by atoms with Crippen LogP contribution in [0.15, 0.2) is 93.3 Å². The fraction of sp³-hybridized carbons (Fsp3) is 0.231. The maximum atomic E-state index is 13.7. The van der Waals surface area contributed by atoms with Gasteiger partial charge in [0.15, 0.2) is 0 Å². The minimum absolute atomic E-state index is 0.0193. The van der Waals surface area contributed by atoms with E-state index in [4.69, 9.17) is 21.8 Å². The lowest BCUT2D eigenvalue weighted by atomic mass is 9.91. The number of hydrogen-bond donors (Lipinski definition) is 1. The number of hydrazone groups is 1.